The first kappa shape index (κ1) is 62.3. The van der Waals surface area contributed by atoms with Crippen LogP contribution >= 0.6 is 0 Å². The monoisotopic (exact) mass is 1160 g/mol. The average molecular weight is 1160 g/mol. The maximum atomic E-state index is 6.31. The van der Waals surface area contributed by atoms with Gasteiger partial charge in [0.05, 0.1) is 12.7 Å². The van der Waals surface area contributed by atoms with Gasteiger partial charge in [0.25, 0.3) is 0 Å². The molecule has 32 heteroatoms. The maximum absolute atomic E-state index is 6.31. The molecule has 0 atom stereocenters. The lowest BCUT2D eigenvalue weighted by Gasteiger charge is -2.07. The number of aliphatic imine (C=N–C) groups is 4. The molecule has 0 saturated carbocycles. The second-order valence-electron chi connectivity index (χ2n) is 19.5. The van der Waals surface area contributed by atoms with Crippen molar-refractivity contribution in [3.05, 3.63) is 100 Å². The van der Waals surface area contributed by atoms with Crippen molar-refractivity contribution in [3.63, 3.8) is 0 Å². The van der Waals surface area contributed by atoms with Gasteiger partial charge in [0.15, 0.2) is 0 Å². The van der Waals surface area contributed by atoms with E-state index in [2.05, 4.69) is 111 Å². The molecule has 0 fully saturated rings. The third-order valence-electron chi connectivity index (χ3n) is 12.6. The lowest BCUT2D eigenvalue weighted by atomic mass is 10.1. The Morgan fingerprint density at radius 3 is 1.20 bits per heavy atom. The van der Waals surface area contributed by atoms with Crippen LogP contribution in [0.5, 0.6) is 0 Å². The number of rotatable bonds is 36. The Labute approximate surface area is 492 Å². The van der Waals surface area contributed by atoms with E-state index in [1.54, 1.807) is 11.6 Å². The highest BCUT2D eigenvalue weighted by Crippen LogP contribution is 2.13. The van der Waals surface area contributed by atoms with Crippen molar-refractivity contribution in [3.8, 4) is 0 Å². The van der Waals surface area contributed by atoms with Crippen molar-refractivity contribution < 1.29 is 0 Å². The predicted octanol–water partition coefficient (Wildman–Crippen LogP) is 1.78. The Bertz CT molecular complexity index is 3280. The molecule has 7 aromatic rings. The average Bonchev–Trinajstić information content (AvgIpc) is 4.04. The fourth-order valence-electron chi connectivity index (χ4n) is 8.27. The van der Waals surface area contributed by atoms with Crippen LogP contribution in [0.4, 0.5) is 53.5 Å². The van der Waals surface area contributed by atoms with Crippen LogP contribution in [0.15, 0.2) is 74.7 Å². The van der Waals surface area contributed by atoms with E-state index < -0.39 is 0 Å². The highest BCUT2D eigenvalue weighted by atomic mass is 15.4. The summed E-state index contributed by atoms with van der Waals surface area (Å²) in [5.74, 6) is 5.88. The summed E-state index contributed by atoms with van der Waals surface area (Å²) < 4.78 is 1.77. The van der Waals surface area contributed by atoms with Crippen LogP contribution in [0.25, 0.3) is 0 Å². The fraction of sp³-hybridized carbons (Fsp3) is 0.434. The van der Waals surface area contributed by atoms with Crippen molar-refractivity contribution in [2.24, 2.45) is 42.9 Å². The SMILES string of the molecule is Cc1nc(N)nc(NCCCCN=C(N)c2ccc(C(N)=NCCCCCc3nc(N)nc(NCc4cn(CCCNc5nc(N)nc(CCCCCN=C(N)c6ccc(C(N)=NCCCCNc7nc(N)nc(N)n7)cc6)n5)nn4)n3)cc2)n1. The first-order valence-electron chi connectivity index (χ1n) is 28.2. The molecule has 0 aliphatic rings. The fourth-order valence-corrected chi connectivity index (χ4v) is 8.27. The minimum atomic E-state index is 0.0701. The molecule has 450 valence electrons. The molecule has 0 radical (unpaired) electrons. The van der Waals surface area contributed by atoms with Crippen LogP contribution in [0.2, 0.25) is 0 Å². The minimum absolute atomic E-state index is 0.0701. The Hall–Kier alpha value is -10.3. The number of amidine groups is 4. The van der Waals surface area contributed by atoms with Gasteiger partial charge in [0, 0.05) is 87.5 Å². The van der Waals surface area contributed by atoms with Crippen LogP contribution in [0.1, 0.15) is 116 Å². The van der Waals surface area contributed by atoms with E-state index in [0.29, 0.717) is 142 Å². The highest BCUT2D eigenvalue weighted by molar-refractivity contribution is 6.01. The molecule has 5 aromatic heterocycles. The van der Waals surface area contributed by atoms with Crippen LogP contribution in [-0.4, -0.2) is 144 Å². The van der Waals surface area contributed by atoms with Gasteiger partial charge < -0.3 is 72.9 Å². The lowest BCUT2D eigenvalue weighted by molar-refractivity contribution is 0.569. The van der Waals surface area contributed by atoms with Crippen LogP contribution in [0, 0.1) is 6.92 Å². The van der Waals surface area contributed by atoms with Crippen LogP contribution in [0.3, 0.4) is 0 Å². The third-order valence-corrected chi connectivity index (χ3v) is 12.6. The Morgan fingerprint density at radius 2 is 0.765 bits per heavy atom. The quantitative estimate of drug-likeness (QED) is 0.0151. The lowest BCUT2D eigenvalue weighted by Crippen LogP contribution is -2.17. The van der Waals surface area contributed by atoms with E-state index in [4.69, 9.17) is 51.6 Å². The number of aryl methyl sites for hydroxylation is 4. The molecule has 0 aliphatic heterocycles. The zero-order valence-corrected chi connectivity index (χ0v) is 47.9. The highest BCUT2D eigenvalue weighted by Gasteiger charge is 2.11. The number of nitrogens with two attached hydrogens (primary N) is 9. The number of anilines is 9. The van der Waals surface area contributed by atoms with Crippen LogP contribution < -0.4 is 72.9 Å². The van der Waals surface area contributed by atoms with E-state index in [-0.39, 0.29) is 29.7 Å². The first-order chi connectivity index (χ1) is 41.2. The van der Waals surface area contributed by atoms with Gasteiger partial charge in [-0.1, -0.05) is 66.6 Å². The molecule has 7 rings (SSSR count). The zero-order valence-electron chi connectivity index (χ0n) is 47.9. The van der Waals surface area contributed by atoms with E-state index in [1.165, 1.54) is 0 Å². The molecule has 0 unspecified atom stereocenters. The molecule has 0 spiro atoms. The zero-order chi connectivity index (χ0) is 60.2. The van der Waals surface area contributed by atoms with Crippen molar-refractivity contribution in [1.29, 1.82) is 0 Å². The molecule has 0 aliphatic carbocycles. The maximum Gasteiger partial charge on any atom is 0.229 e. The van der Waals surface area contributed by atoms with E-state index in [1.807, 2.05) is 54.7 Å². The number of benzene rings is 2. The topological polar surface area (TPSA) is 517 Å². The second kappa shape index (κ2) is 33.0. The number of hydrogen-bond acceptors (Lipinski definition) is 27. The molecule has 0 bridgehead atoms. The van der Waals surface area contributed by atoms with Gasteiger partial charge in [-0.3, -0.25) is 24.7 Å². The summed E-state index contributed by atoms with van der Waals surface area (Å²) in [6, 6.07) is 15.2. The largest absolute Gasteiger partial charge is 0.384 e. The van der Waals surface area contributed by atoms with Gasteiger partial charge in [-0.05, 0) is 64.7 Å². The standard InChI is InChI=1S/C53H78N32/c1-33-71-45(58)78-50(72-33)67-27-10-8-25-65-43(56)36-19-15-35(16-20-36)42(55)64-24-7-3-5-14-40-74-47(60)80-53(76-40)70-31-38-32-85(84-83-38)30-12-29-69-51-75-39(73-46(59)79-51)13-4-2-6-23-63-41(54)34-17-21-37(22-18-34)44(57)66-26-9-11-28-68-52-81-48(61)77-49(62)82-52/h15-22,32H,2-14,23-31H2,1H3,(H2,54,63)(H2,55,64)(H2,56,65)(H2,57,66)(H3,58,67,71,72,78)(H3,59,69,73,75,79)(H3,60,70,74,76,80)(H5,61,62,68,77,81,82). The second-order valence-corrected chi connectivity index (χ2v) is 19.5. The summed E-state index contributed by atoms with van der Waals surface area (Å²) in [6.07, 6.45) is 12.4. The first-order valence-corrected chi connectivity index (χ1v) is 28.2. The summed E-state index contributed by atoms with van der Waals surface area (Å²) in [4.78, 5) is 68.6. The number of nitrogens with one attached hydrogen (secondary N) is 4. The number of unbranched alkanes of at least 4 members (excludes halogenated alkanes) is 6. The van der Waals surface area contributed by atoms with Crippen molar-refractivity contribution in [2.45, 2.75) is 103 Å². The van der Waals surface area contributed by atoms with Gasteiger partial charge in [-0.15, -0.1) is 5.10 Å². The summed E-state index contributed by atoms with van der Waals surface area (Å²) in [5, 5.41) is 21.2. The number of nitrogens with zero attached hydrogens (tertiary/aromatic N) is 19. The van der Waals surface area contributed by atoms with Crippen LogP contribution in [-0.2, 0) is 25.9 Å². The van der Waals surface area contributed by atoms with Gasteiger partial charge in [-0.2, -0.15) is 59.8 Å². The molecular weight excluding hydrogens is 1080 g/mol. The van der Waals surface area contributed by atoms with E-state index >= 15 is 0 Å². The number of aromatic nitrogens is 15. The molecule has 0 amide bonds. The summed E-state index contributed by atoms with van der Waals surface area (Å²) >= 11 is 0. The predicted molar refractivity (Wildman–Crippen MR) is 332 cm³/mol. The van der Waals surface area contributed by atoms with Crippen molar-refractivity contribution in [1.82, 2.24) is 74.8 Å². The Balaban J connectivity index is 0.716. The molecule has 0 saturated heterocycles. The smallest absolute Gasteiger partial charge is 0.229 e. The van der Waals surface area contributed by atoms with E-state index in [0.717, 1.165) is 92.9 Å². The third kappa shape index (κ3) is 22.2. The van der Waals surface area contributed by atoms with Crippen molar-refractivity contribution >= 4 is 76.9 Å². The minimum Gasteiger partial charge on any atom is -0.384 e. The molecule has 2 aromatic carbocycles. The summed E-state index contributed by atoms with van der Waals surface area (Å²) in [6.45, 7) is 6.94. The van der Waals surface area contributed by atoms with Gasteiger partial charge in [0.1, 0.15) is 46.5 Å². The molecular formula is C53H78N32. The van der Waals surface area contributed by atoms with Crippen molar-refractivity contribution in [2.75, 3.05) is 95.7 Å². The van der Waals surface area contributed by atoms with E-state index in [9.17, 15) is 0 Å². The normalized spacial score (nSPS) is 12.2. The Morgan fingerprint density at radius 1 is 0.400 bits per heavy atom. The van der Waals surface area contributed by atoms with Gasteiger partial charge in [0.2, 0.25) is 53.5 Å². The Kier molecular flexibility index (Phi) is 24.2. The summed E-state index contributed by atoms with van der Waals surface area (Å²) in [5.41, 5.74) is 58.1. The molecule has 32 nitrogen and oxygen atoms in total. The number of nitrogen functional groups attached to an aromatic ring is 5. The molecule has 22 N–H and O–H groups in total. The summed E-state index contributed by atoms with van der Waals surface area (Å²) in [7, 11) is 0. The molecule has 5 heterocycles. The molecule has 85 heavy (non-hydrogen) atoms. The number of hydrogen-bond donors (Lipinski definition) is 13. The van der Waals surface area contributed by atoms with Gasteiger partial charge >= 0.3 is 0 Å². The van der Waals surface area contributed by atoms with Gasteiger partial charge in [-0.25, -0.2) is 0 Å².